The Kier molecular flexibility index (Phi) is 6.03. The number of aromatic hydroxyl groups is 1. The summed E-state index contributed by atoms with van der Waals surface area (Å²) in [6.07, 6.45) is 2.46. The standard InChI is InChI=1S/C16H24N2O4/c1-22-15-5-4-11(8-14(15)20)7-12(10-19)9-18-16(21)13-3-2-6-17-13/h4-5,8,12-13,17,19-20H,2-3,6-7,9-10H2,1H3,(H,18,21). The summed E-state index contributed by atoms with van der Waals surface area (Å²) in [5, 5.41) is 25.3. The smallest absolute Gasteiger partial charge is 0.237 e. The Morgan fingerprint density at radius 1 is 1.55 bits per heavy atom. The molecule has 0 saturated carbocycles. The largest absolute Gasteiger partial charge is 0.504 e. The molecule has 0 bridgehead atoms. The third-order valence-corrected chi connectivity index (χ3v) is 3.97. The molecule has 1 aliphatic heterocycles. The summed E-state index contributed by atoms with van der Waals surface area (Å²) in [5.74, 6) is 0.410. The first-order valence-electron chi connectivity index (χ1n) is 7.62. The lowest BCUT2D eigenvalue weighted by atomic mass is 9.99. The number of ether oxygens (including phenoxy) is 1. The summed E-state index contributed by atoms with van der Waals surface area (Å²) in [7, 11) is 1.50. The number of aliphatic hydroxyl groups is 1. The molecule has 1 fully saturated rings. The van der Waals surface area contributed by atoms with Crippen molar-refractivity contribution in [3.8, 4) is 11.5 Å². The van der Waals surface area contributed by atoms with E-state index < -0.39 is 0 Å². The zero-order chi connectivity index (χ0) is 15.9. The van der Waals surface area contributed by atoms with Gasteiger partial charge in [0, 0.05) is 19.1 Å². The van der Waals surface area contributed by atoms with Crippen LogP contribution in [0.2, 0.25) is 0 Å². The van der Waals surface area contributed by atoms with Crippen LogP contribution in [0.25, 0.3) is 0 Å². The fourth-order valence-electron chi connectivity index (χ4n) is 2.67. The van der Waals surface area contributed by atoms with Crippen LogP contribution in [-0.2, 0) is 11.2 Å². The van der Waals surface area contributed by atoms with Gasteiger partial charge in [0.05, 0.1) is 13.2 Å². The van der Waals surface area contributed by atoms with E-state index >= 15 is 0 Å². The third kappa shape index (κ3) is 4.35. The predicted molar refractivity (Wildman–Crippen MR) is 83.0 cm³/mol. The summed E-state index contributed by atoms with van der Waals surface area (Å²) in [6.45, 7) is 1.28. The van der Waals surface area contributed by atoms with Crippen LogP contribution in [0.15, 0.2) is 18.2 Å². The topological polar surface area (TPSA) is 90.8 Å². The lowest BCUT2D eigenvalue weighted by Crippen LogP contribution is -2.42. The zero-order valence-corrected chi connectivity index (χ0v) is 12.8. The molecular weight excluding hydrogens is 284 g/mol. The van der Waals surface area contributed by atoms with Crippen LogP contribution in [0.3, 0.4) is 0 Å². The molecule has 122 valence electrons. The molecule has 1 heterocycles. The first kappa shape index (κ1) is 16.6. The van der Waals surface area contributed by atoms with E-state index in [4.69, 9.17) is 4.74 Å². The van der Waals surface area contributed by atoms with Crippen molar-refractivity contribution < 1.29 is 19.7 Å². The van der Waals surface area contributed by atoms with Gasteiger partial charge in [0.2, 0.25) is 5.91 Å². The van der Waals surface area contributed by atoms with Crippen LogP contribution >= 0.6 is 0 Å². The fraction of sp³-hybridized carbons (Fsp3) is 0.562. The highest BCUT2D eigenvalue weighted by Crippen LogP contribution is 2.27. The minimum Gasteiger partial charge on any atom is -0.504 e. The maximum Gasteiger partial charge on any atom is 0.237 e. The van der Waals surface area contributed by atoms with E-state index in [1.165, 1.54) is 7.11 Å². The van der Waals surface area contributed by atoms with E-state index in [-0.39, 0.29) is 30.2 Å². The number of amides is 1. The van der Waals surface area contributed by atoms with E-state index in [0.29, 0.717) is 18.7 Å². The highest BCUT2D eigenvalue weighted by Gasteiger charge is 2.22. The molecule has 6 nitrogen and oxygen atoms in total. The first-order valence-corrected chi connectivity index (χ1v) is 7.62. The second kappa shape index (κ2) is 8.00. The molecular formula is C16H24N2O4. The molecule has 4 N–H and O–H groups in total. The van der Waals surface area contributed by atoms with E-state index in [1.54, 1.807) is 12.1 Å². The molecule has 1 saturated heterocycles. The molecule has 1 aromatic rings. The maximum absolute atomic E-state index is 11.9. The molecule has 0 aliphatic carbocycles. The average Bonchev–Trinajstić information content (AvgIpc) is 3.05. The van der Waals surface area contributed by atoms with Crippen LogP contribution in [-0.4, -0.2) is 49.0 Å². The number of rotatable bonds is 7. The number of methoxy groups -OCH3 is 1. The van der Waals surface area contributed by atoms with E-state index in [2.05, 4.69) is 10.6 Å². The third-order valence-electron chi connectivity index (χ3n) is 3.97. The monoisotopic (exact) mass is 308 g/mol. The van der Waals surface area contributed by atoms with Gasteiger partial charge in [-0.1, -0.05) is 6.07 Å². The Labute approximate surface area is 130 Å². The molecule has 6 heteroatoms. The Morgan fingerprint density at radius 3 is 2.95 bits per heavy atom. The van der Waals surface area contributed by atoms with Gasteiger partial charge < -0.3 is 25.6 Å². The molecule has 2 atom stereocenters. The van der Waals surface area contributed by atoms with Crippen LogP contribution < -0.4 is 15.4 Å². The van der Waals surface area contributed by atoms with Crippen molar-refractivity contribution in [3.05, 3.63) is 23.8 Å². The average molecular weight is 308 g/mol. The number of hydrogen-bond donors (Lipinski definition) is 4. The summed E-state index contributed by atoms with van der Waals surface area (Å²) >= 11 is 0. The molecule has 2 unspecified atom stereocenters. The summed E-state index contributed by atoms with van der Waals surface area (Å²) in [5.41, 5.74) is 0.894. The van der Waals surface area contributed by atoms with Crippen molar-refractivity contribution in [2.75, 3.05) is 26.8 Å². The Bertz CT molecular complexity index is 501. The zero-order valence-electron chi connectivity index (χ0n) is 12.8. The number of aliphatic hydroxyl groups excluding tert-OH is 1. The second-order valence-electron chi connectivity index (χ2n) is 5.65. The minimum absolute atomic E-state index is 0.00599. The molecule has 1 aliphatic rings. The van der Waals surface area contributed by atoms with Gasteiger partial charge >= 0.3 is 0 Å². The normalized spacial score (nSPS) is 18.9. The van der Waals surface area contributed by atoms with Gasteiger partial charge in [-0.2, -0.15) is 0 Å². The van der Waals surface area contributed by atoms with Gasteiger partial charge in [-0.3, -0.25) is 4.79 Å². The molecule has 2 rings (SSSR count). The van der Waals surface area contributed by atoms with Crippen LogP contribution in [0.1, 0.15) is 18.4 Å². The fourth-order valence-corrected chi connectivity index (χ4v) is 2.67. The molecule has 0 aromatic heterocycles. The molecule has 0 spiro atoms. The first-order chi connectivity index (χ1) is 10.6. The van der Waals surface area contributed by atoms with Gasteiger partial charge in [-0.05, 0) is 43.5 Å². The van der Waals surface area contributed by atoms with Crippen LogP contribution in [0, 0.1) is 5.92 Å². The quantitative estimate of drug-likeness (QED) is 0.586. The molecule has 22 heavy (non-hydrogen) atoms. The number of phenolic OH excluding ortho intramolecular Hbond substituents is 1. The van der Waals surface area contributed by atoms with Gasteiger partial charge in [0.1, 0.15) is 0 Å². The Morgan fingerprint density at radius 2 is 2.36 bits per heavy atom. The number of phenols is 1. The highest BCUT2D eigenvalue weighted by atomic mass is 16.5. The van der Waals surface area contributed by atoms with Gasteiger partial charge in [-0.25, -0.2) is 0 Å². The van der Waals surface area contributed by atoms with Gasteiger partial charge in [0.25, 0.3) is 0 Å². The Balaban J connectivity index is 1.86. The van der Waals surface area contributed by atoms with Crippen molar-refractivity contribution in [1.29, 1.82) is 0 Å². The maximum atomic E-state index is 11.9. The van der Waals surface area contributed by atoms with E-state index in [0.717, 1.165) is 24.9 Å². The molecule has 0 radical (unpaired) electrons. The van der Waals surface area contributed by atoms with Crippen molar-refractivity contribution in [1.82, 2.24) is 10.6 Å². The summed E-state index contributed by atoms with van der Waals surface area (Å²) < 4.78 is 5.00. The second-order valence-corrected chi connectivity index (χ2v) is 5.65. The highest BCUT2D eigenvalue weighted by molar-refractivity contribution is 5.81. The molecule has 1 amide bonds. The van der Waals surface area contributed by atoms with Crippen LogP contribution in [0.4, 0.5) is 0 Å². The van der Waals surface area contributed by atoms with Crippen molar-refractivity contribution in [2.45, 2.75) is 25.3 Å². The van der Waals surface area contributed by atoms with Gasteiger partial charge in [0.15, 0.2) is 11.5 Å². The number of benzene rings is 1. The summed E-state index contributed by atoms with van der Waals surface area (Å²) in [6, 6.07) is 5.06. The minimum atomic E-state index is -0.107. The number of nitrogens with one attached hydrogen (secondary N) is 2. The SMILES string of the molecule is COc1ccc(CC(CO)CNC(=O)C2CCCN2)cc1O. The van der Waals surface area contributed by atoms with E-state index in [1.807, 2.05) is 6.07 Å². The van der Waals surface area contributed by atoms with Crippen LogP contribution in [0.5, 0.6) is 11.5 Å². The number of hydrogen-bond acceptors (Lipinski definition) is 5. The Hall–Kier alpha value is -1.79. The molecule has 1 aromatic carbocycles. The van der Waals surface area contributed by atoms with E-state index in [9.17, 15) is 15.0 Å². The van der Waals surface area contributed by atoms with Crippen molar-refractivity contribution >= 4 is 5.91 Å². The predicted octanol–water partition coefficient (Wildman–Crippen LogP) is 0.420. The van der Waals surface area contributed by atoms with Crippen molar-refractivity contribution in [2.24, 2.45) is 5.92 Å². The number of carbonyl (C=O) groups excluding carboxylic acids is 1. The summed E-state index contributed by atoms with van der Waals surface area (Å²) in [4.78, 5) is 11.9. The van der Waals surface area contributed by atoms with Gasteiger partial charge in [-0.15, -0.1) is 0 Å². The lowest BCUT2D eigenvalue weighted by Gasteiger charge is -2.17. The lowest BCUT2D eigenvalue weighted by molar-refractivity contribution is -0.123. The van der Waals surface area contributed by atoms with Crippen molar-refractivity contribution in [3.63, 3.8) is 0 Å². The number of carbonyl (C=O) groups is 1.